The fourth-order valence-electron chi connectivity index (χ4n) is 1.40. The third-order valence-corrected chi connectivity index (χ3v) is 1.99. The first-order valence-electron chi connectivity index (χ1n) is 3.83. The topological polar surface area (TPSA) is 52.3 Å². The summed E-state index contributed by atoms with van der Waals surface area (Å²) < 4.78 is 4.95. The second kappa shape index (κ2) is 2.60. The number of benzene rings is 1. The Kier molecular flexibility index (Phi) is 1.59. The number of nitrogens with two attached hydrogens (primary N) is 1. The number of ether oxygens (including phenoxy) is 1. The van der Waals surface area contributed by atoms with Crippen molar-refractivity contribution in [3.63, 3.8) is 0 Å². The SMILES string of the molecule is NCc1cccc2c1CC(=O)O2. The summed E-state index contributed by atoms with van der Waals surface area (Å²) in [7, 11) is 0. The maximum absolute atomic E-state index is 10.9. The lowest BCUT2D eigenvalue weighted by molar-refractivity contribution is -0.131. The van der Waals surface area contributed by atoms with Crippen molar-refractivity contribution >= 4 is 5.97 Å². The van der Waals surface area contributed by atoms with Crippen molar-refractivity contribution in [2.24, 2.45) is 5.73 Å². The average molecular weight is 163 g/mol. The minimum Gasteiger partial charge on any atom is -0.426 e. The molecule has 1 aliphatic heterocycles. The molecule has 1 aromatic carbocycles. The molecular weight excluding hydrogens is 154 g/mol. The smallest absolute Gasteiger partial charge is 0.315 e. The summed E-state index contributed by atoms with van der Waals surface area (Å²) in [5.74, 6) is 0.480. The maximum atomic E-state index is 10.9. The van der Waals surface area contributed by atoms with E-state index < -0.39 is 0 Å². The Balaban J connectivity index is 2.51. The van der Waals surface area contributed by atoms with Crippen LogP contribution in [0.25, 0.3) is 0 Å². The number of esters is 1. The zero-order chi connectivity index (χ0) is 8.55. The van der Waals surface area contributed by atoms with Crippen molar-refractivity contribution in [2.75, 3.05) is 0 Å². The second-order valence-electron chi connectivity index (χ2n) is 2.75. The van der Waals surface area contributed by atoms with E-state index in [2.05, 4.69) is 0 Å². The third-order valence-electron chi connectivity index (χ3n) is 1.99. The Morgan fingerprint density at radius 3 is 3.08 bits per heavy atom. The second-order valence-corrected chi connectivity index (χ2v) is 2.75. The molecule has 0 radical (unpaired) electrons. The molecule has 0 amide bonds. The quantitative estimate of drug-likeness (QED) is 0.487. The summed E-state index contributed by atoms with van der Waals surface area (Å²) in [6.07, 6.45) is 0.364. The van der Waals surface area contributed by atoms with E-state index >= 15 is 0 Å². The molecule has 0 saturated carbocycles. The zero-order valence-corrected chi connectivity index (χ0v) is 6.54. The van der Waals surface area contributed by atoms with E-state index in [0.717, 1.165) is 11.1 Å². The molecule has 0 aromatic heterocycles. The molecule has 0 saturated heterocycles. The Labute approximate surface area is 70.1 Å². The first-order chi connectivity index (χ1) is 5.81. The maximum Gasteiger partial charge on any atom is 0.315 e. The molecule has 0 fully saturated rings. The van der Waals surface area contributed by atoms with Crippen molar-refractivity contribution in [3.05, 3.63) is 29.3 Å². The van der Waals surface area contributed by atoms with Gasteiger partial charge >= 0.3 is 5.97 Å². The minimum absolute atomic E-state index is 0.189. The van der Waals surface area contributed by atoms with Crippen molar-refractivity contribution < 1.29 is 9.53 Å². The van der Waals surface area contributed by atoms with Crippen molar-refractivity contribution in [1.82, 2.24) is 0 Å². The Morgan fingerprint density at radius 2 is 2.33 bits per heavy atom. The average Bonchev–Trinajstić information content (AvgIpc) is 2.44. The molecule has 62 valence electrons. The van der Waals surface area contributed by atoms with Crippen LogP contribution in [0.4, 0.5) is 0 Å². The number of hydrogen-bond donors (Lipinski definition) is 1. The Bertz CT molecular complexity index is 333. The summed E-state index contributed by atoms with van der Waals surface area (Å²) >= 11 is 0. The van der Waals surface area contributed by atoms with E-state index in [4.69, 9.17) is 10.5 Å². The Hall–Kier alpha value is -1.35. The number of rotatable bonds is 1. The van der Waals surface area contributed by atoms with Gasteiger partial charge in [0, 0.05) is 12.1 Å². The van der Waals surface area contributed by atoms with Crippen LogP contribution in [0.5, 0.6) is 5.75 Å². The summed E-state index contributed by atoms with van der Waals surface area (Å²) in [6.45, 7) is 0.458. The highest BCUT2D eigenvalue weighted by Gasteiger charge is 2.21. The summed E-state index contributed by atoms with van der Waals surface area (Å²) in [4.78, 5) is 10.9. The van der Waals surface area contributed by atoms with E-state index in [1.165, 1.54) is 0 Å². The van der Waals surface area contributed by atoms with E-state index in [-0.39, 0.29) is 5.97 Å². The minimum atomic E-state index is -0.189. The van der Waals surface area contributed by atoms with Gasteiger partial charge < -0.3 is 10.5 Å². The van der Waals surface area contributed by atoms with Gasteiger partial charge in [0.25, 0.3) is 0 Å². The first kappa shape index (κ1) is 7.31. The van der Waals surface area contributed by atoms with Gasteiger partial charge in [-0.2, -0.15) is 0 Å². The zero-order valence-electron chi connectivity index (χ0n) is 6.54. The molecule has 0 aliphatic carbocycles. The third kappa shape index (κ3) is 0.987. The summed E-state index contributed by atoms with van der Waals surface area (Å²) in [5, 5.41) is 0. The number of carbonyl (C=O) groups is 1. The van der Waals surface area contributed by atoms with Crippen molar-refractivity contribution in [2.45, 2.75) is 13.0 Å². The molecule has 12 heavy (non-hydrogen) atoms. The van der Waals surface area contributed by atoms with E-state index in [0.29, 0.717) is 18.7 Å². The van der Waals surface area contributed by atoms with Crippen LogP contribution in [0.1, 0.15) is 11.1 Å². The van der Waals surface area contributed by atoms with Gasteiger partial charge in [-0.3, -0.25) is 4.79 Å². The van der Waals surface area contributed by atoms with Gasteiger partial charge in [0.05, 0.1) is 6.42 Å². The molecule has 2 N–H and O–H groups in total. The summed E-state index contributed by atoms with van der Waals surface area (Å²) in [6, 6.07) is 5.56. The number of fused-ring (bicyclic) bond motifs is 1. The van der Waals surface area contributed by atoms with Gasteiger partial charge in [0.1, 0.15) is 5.75 Å². The van der Waals surface area contributed by atoms with Crippen LogP contribution in [0.2, 0.25) is 0 Å². The Morgan fingerprint density at radius 1 is 1.50 bits per heavy atom. The molecule has 1 aliphatic rings. The number of carbonyl (C=O) groups excluding carboxylic acids is 1. The van der Waals surface area contributed by atoms with Crippen LogP contribution >= 0.6 is 0 Å². The van der Waals surface area contributed by atoms with Crippen LogP contribution in [0.15, 0.2) is 18.2 Å². The lowest BCUT2D eigenvalue weighted by atomic mass is 10.1. The highest BCUT2D eigenvalue weighted by atomic mass is 16.5. The lowest BCUT2D eigenvalue weighted by Crippen LogP contribution is -2.02. The molecule has 0 spiro atoms. The van der Waals surface area contributed by atoms with Crippen LogP contribution in [0.3, 0.4) is 0 Å². The summed E-state index contributed by atoms with van der Waals surface area (Å²) in [5.41, 5.74) is 7.45. The molecule has 1 aromatic rings. The van der Waals surface area contributed by atoms with Crippen molar-refractivity contribution in [1.29, 1.82) is 0 Å². The standard InChI is InChI=1S/C9H9NO2/c10-5-6-2-1-3-8-7(6)4-9(11)12-8/h1-3H,4-5,10H2. The largest absolute Gasteiger partial charge is 0.426 e. The highest BCUT2D eigenvalue weighted by Crippen LogP contribution is 2.28. The first-order valence-corrected chi connectivity index (χ1v) is 3.83. The van der Waals surface area contributed by atoms with Crippen molar-refractivity contribution in [3.8, 4) is 5.75 Å². The highest BCUT2D eigenvalue weighted by molar-refractivity contribution is 5.81. The molecule has 0 unspecified atom stereocenters. The van der Waals surface area contributed by atoms with Gasteiger partial charge in [0.2, 0.25) is 0 Å². The van der Waals surface area contributed by atoms with E-state index in [9.17, 15) is 4.79 Å². The molecule has 3 heteroatoms. The molecular formula is C9H9NO2. The lowest BCUT2D eigenvalue weighted by Gasteiger charge is -2.01. The predicted molar refractivity (Wildman–Crippen MR) is 43.7 cm³/mol. The van der Waals surface area contributed by atoms with Crippen LogP contribution < -0.4 is 10.5 Å². The van der Waals surface area contributed by atoms with Crippen LogP contribution in [-0.4, -0.2) is 5.97 Å². The molecule has 2 rings (SSSR count). The van der Waals surface area contributed by atoms with E-state index in [1.807, 2.05) is 12.1 Å². The van der Waals surface area contributed by atoms with Gasteiger partial charge in [-0.05, 0) is 11.6 Å². The molecule has 0 bridgehead atoms. The van der Waals surface area contributed by atoms with Gasteiger partial charge in [-0.25, -0.2) is 0 Å². The predicted octanol–water partition coefficient (Wildman–Crippen LogP) is 0.607. The van der Waals surface area contributed by atoms with Crippen LogP contribution in [0, 0.1) is 0 Å². The van der Waals surface area contributed by atoms with Gasteiger partial charge in [-0.15, -0.1) is 0 Å². The fourth-order valence-corrected chi connectivity index (χ4v) is 1.40. The number of hydrogen-bond acceptors (Lipinski definition) is 3. The van der Waals surface area contributed by atoms with Crippen LogP contribution in [-0.2, 0) is 17.8 Å². The normalized spacial score (nSPS) is 14.2. The molecule has 0 atom stereocenters. The molecule has 3 nitrogen and oxygen atoms in total. The van der Waals surface area contributed by atoms with Gasteiger partial charge in [0.15, 0.2) is 0 Å². The molecule has 1 heterocycles. The van der Waals surface area contributed by atoms with Gasteiger partial charge in [-0.1, -0.05) is 12.1 Å². The monoisotopic (exact) mass is 163 g/mol. The van der Waals surface area contributed by atoms with E-state index in [1.54, 1.807) is 6.07 Å². The fraction of sp³-hybridized carbons (Fsp3) is 0.222.